The number of carbonyl (C=O) groups is 3. The first-order chi connectivity index (χ1) is 18.4. The van der Waals surface area contributed by atoms with Gasteiger partial charge in [-0.3, -0.25) is 14.4 Å². The van der Waals surface area contributed by atoms with Crippen LogP contribution < -0.4 is 4.74 Å². The van der Waals surface area contributed by atoms with Gasteiger partial charge in [-0.15, -0.1) is 0 Å². The second kappa shape index (κ2) is 12.7. The summed E-state index contributed by atoms with van der Waals surface area (Å²) in [5.41, 5.74) is 0.951. The van der Waals surface area contributed by atoms with Gasteiger partial charge in [-0.25, -0.2) is 4.39 Å². The van der Waals surface area contributed by atoms with E-state index < -0.39 is 11.7 Å². The fraction of sp³-hybridized carbons (Fsp3) is 0.433. The number of amides is 3. The first kappa shape index (κ1) is 27.4. The lowest BCUT2D eigenvalue weighted by atomic mass is 9.82. The van der Waals surface area contributed by atoms with Crippen molar-refractivity contribution in [2.45, 2.75) is 33.2 Å². The van der Waals surface area contributed by atoms with Crippen LogP contribution in [0.5, 0.6) is 5.75 Å². The van der Waals surface area contributed by atoms with Gasteiger partial charge in [0.1, 0.15) is 24.7 Å². The standard InChI is InChI=1S/C30H36FN3O4/c1-3-32(4-2)28(35)18-22-14-15-33-19-24(22)11-8-16-38-27-13-6-5-9-25(27)20-34(21-29(33)36)30(37)23-10-7-12-26(31)17-23/h5-13,17,22,24H,3-4,14-16,18-21H2,1-2H3/b11-8+/t22-,24-/m0/s1. The van der Waals surface area contributed by atoms with E-state index >= 15 is 0 Å². The van der Waals surface area contributed by atoms with Gasteiger partial charge in [-0.05, 0) is 56.4 Å². The van der Waals surface area contributed by atoms with Crippen molar-refractivity contribution in [1.82, 2.24) is 14.7 Å². The second-order valence-corrected chi connectivity index (χ2v) is 9.84. The van der Waals surface area contributed by atoms with E-state index in [9.17, 15) is 18.8 Å². The Balaban J connectivity index is 1.61. The number of para-hydroxylation sites is 1. The smallest absolute Gasteiger partial charge is 0.254 e. The molecule has 0 N–H and O–H groups in total. The van der Waals surface area contributed by atoms with Gasteiger partial charge >= 0.3 is 0 Å². The van der Waals surface area contributed by atoms with Crippen molar-refractivity contribution in [3.63, 3.8) is 0 Å². The molecule has 3 amide bonds. The van der Waals surface area contributed by atoms with Crippen molar-refractivity contribution in [2.75, 3.05) is 39.3 Å². The second-order valence-electron chi connectivity index (χ2n) is 9.84. The maximum atomic E-state index is 13.9. The molecule has 0 unspecified atom stereocenters. The van der Waals surface area contributed by atoms with Gasteiger partial charge in [-0.1, -0.05) is 36.4 Å². The minimum absolute atomic E-state index is 0.000759. The molecule has 0 radical (unpaired) electrons. The Morgan fingerprint density at radius 1 is 1.08 bits per heavy atom. The molecule has 2 bridgehead atoms. The van der Waals surface area contributed by atoms with Gasteiger partial charge < -0.3 is 19.4 Å². The highest BCUT2D eigenvalue weighted by atomic mass is 19.1. The molecule has 38 heavy (non-hydrogen) atoms. The van der Waals surface area contributed by atoms with Crippen molar-refractivity contribution >= 4 is 17.7 Å². The van der Waals surface area contributed by atoms with E-state index in [-0.39, 0.29) is 42.3 Å². The minimum Gasteiger partial charge on any atom is -0.489 e. The van der Waals surface area contributed by atoms with Crippen molar-refractivity contribution in [1.29, 1.82) is 0 Å². The normalized spacial score (nSPS) is 20.8. The lowest BCUT2D eigenvalue weighted by Gasteiger charge is -2.38. The van der Waals surface area contributed by atoms with Gasteiger partial charge in [0.05, 0.1) is 6.54 Å². The number of hydrogen-bond donors (Lipinski definition) is 0. The Bertz CT molecular complexity index is 1180. The molecule has 0 aromatic heterocycles. The number of piperidine rings is 1. The molecule has 0 aliphatic carbocycles. The highest BCUT2D eigenvalue weighted by molar-refractivity contribution is 5.96. The molecular weight excluding hydrogens is 485 g/mol. The summed E-state index contributed by atoms with van der Waals surface area (Å²) in [6.45, 7) is 6.65. The van der Waals surface area contributed by atoms with Crippen LogP contribution in [-0.2, 0) is 16.1 Å². The molecule has 1 fully saturated rings. The molecule has 8 heteroatoms. The third-order valence-corrected chi connectivity index (χ3v) is 7.45. The number of hydrogen-bond acceptors (Lipinski definition) is 4. The summed E-state index contributed by atoms with van der Waals surface area (Å²) >= 11 is 0. The number of ether oxygens (including phenoxy) is 1. The molecule has 202 valence electrons. The first-order valence-electron chi connectivity index (χ1n) is 13.4. The Morgan fingerprint density at radius 2 is 1.87 bits per heavy atom. The van der Waals surface area contributed by atoms with Crippen LogP contribution in [0.2, 0.25) is 0 Å². The molecule has 2 aliphatic rings. The van der Waals surface area contributed by atoms with E-state index in [4.69, 9.17) is 4.74 Å². The molecular formula is C30H36FN3O4. The third kappa shape index (κ3) is 6.60. The number of carbonyl (C=O) groups excluding carboxylic acids is 3. The van der Waals surface area contributed by atoms with E-state index in [1.165, 1.54) is 23.1 Å². The number of nitrogens with zero attached hydrogens (tertiary/aromatic N) is 3. The van der Waals surface area contributed by atoms with Gasteiger partial charge in [0.2, 0.25) is 11.8 Å². The van der Waals surface area contributed by atoms with Crippen LogP contribution in [0.3, 0.4) is 0 Å². The first-order valence-corrected chi connectivity index (χ1v) is 13.4. The highest BCUT2D eigenvalue weighted by Crippen LogP contribution is 2.30. The molecule has 2 aliphatic heterocycles. The van der Waals surface area contributed by atoms with E-state index in [2.05, 4.69) is 6.08 Å². The largest absolute Gasteiger partial charge is 0.489 e. The Morgan fingerprint density at radius 3 is 2.63 bits per heavy atom. The Hall–Kier alpha value is -3.68. The lowest BCUT2D eigenvalue weighted by molar-refractivity contribution is -0.135. The summed E-state index contributed by atoms with van der Waals surface area (Å²) in [6.07, 6.45) is 5.16. The van der Waals surface area contributed by atoms with E-state index in [0.29, 0.717) is 51.4 Å². The summed E-state index contributed by atoms with van der Waals surface area (Å²) in [6, 6.07) is 12.9. The fourth-order valence-corrected chi connectivity index (χ4v) is 5.27. The van der Waals surface area contributed by atoms with Gasteiger partial charge in [0.25, 0.3) is 5.91 Å². The predicted molar refractivity (Wildman–Crippen MR) is 143 cm³/mol. The number of fused-ring (bicyclic) bond motifs is 3. The molecule has 2 heterocycles. The van der Waals surface area contributed by atoms with E-state index in [1.807, 2.05) is 49.1 Å². The summed E-state index contributed by atoms with van der Waals surface area (Å²) < 4.78 is 20.0. The zero-order valence-electron chi connectivity index (χ0n) is 22.1. The van der Waals surface area contributed by atoms with Crippen molar-refractivity contribution < 1.29 is 23.5 Å². The molecule has 2 aromatic carbocycles. The molecule has 7 nitrogen and oxygen atoms in total. The van der Waals surface area contributed by atoms with Crippen LogP contribution >= 0.6 is 0 Å². The van der Waals surface area contributed by atoms with Crippen LogP contribution in [0.1, 0.15) is 42.6 Å². The number of halogens is 1. The van der Waals surface area contributed by atoms with Crippen molar-refractivity contribution in [2.24, 2.45) is 11.8 Å². The highest BCUT2D eigenvalue weighted by Gasteiger charge is 2.33. The third-order valence-electron chi connectivity index (χ3n) is 7.45. The number of rotatable bonds is 5. The zero-order chi connectivity index (χ0) is 27.1. The zero-order valence-corrected chi connectivity index (χ0v) is 22.1. The van der Waals surface area contributed by atoms with E-state index in [1.54, 1.807) is 11.0 Å². The van der Waals surface area contributed by atoms with Crippen LogP contribution in [0, 0.1) is 17.7 Å². The molecule has 4 rings (SSSR count). The SMILES string of the molecule is CCN(CC)C(=O)C[C@@H]1CCN2C[C@@H]1/C=C/COc1ccccc1CN(C(=O)c1cccc(F)c1)CC2=O. The van der Waals surface area contributed by atoms with Crippen LogP contribution in [-0.4, -0.2) is 71.8 Å². The Kier molecular flexibility index (Phi) is 9.15. The Labute approximate surface area is 223 Å². The van der Waals surface area contributed by atoms with Crippen molar-refractivity contribution in [3.8, 4) is 5.75 Å². The summed E-state index contributed by atoms with van der Waals surface area (Å²) in [4.78, 5) is 44.9. The maximum Gasteiger partial charge on any atom is 0.254 e. The average Bonchev–Trinajstić information content (AvgIpc) is 2.92. The fourth-order valence-electron chi connectivity index (χ4n) is 5.27. The van der Waals surface area contributed by atoms with Crippen LogP contribution in [0.15, 0.2) is 60.7 Å². The number of benzene rings is 2. The molecule has 2 atom stereocenters. The lowest BCUT2D eigenvalue weighted by Crippen LogP contribution is -2.48. The van der Waals surface area contributed by atoms with Crippen LogP contribution in [0.25, 0.3) is 0 Å². The predicted octanol–water partition coefficient (Wildman–Crippen LogP) is 4.14. The molecule has 1 saturated heterocycles. The van der Waals surface area contributed by atoms with Gasteiger partial charge in [0.15, 0.2) is 0 Å². The van der Waals surface area contributed by atoms with Gasteiger partial charge in [-0.2, -0.15) is 0 Å². The summed E-state index contributed by atoms with van der Waals surface area (Å²) in [5.74, 6) is -0.223. The van der Waals surface area contributed by atoms with Crippen molar-refractivity contribution in [3.05, 3.63) is 77.6 Å². The molecule has 2 aromatic rings. The minimum atomic E-state index is -0.507. The van der Waals surface area contributed by atoms with Gasteiger partial charge in [0, 0.05) is 43.7 Å². The quantitative estimate of drug-likeness (QED) is 0.555. The van der Waals surface area contributed by atoms with E-state index in [0.717, 1.165) is 5.56 Å². The average molecular weight is 522 g/mol. The molecule has 0 spiro atoms. The summed E-state index contributed by atoms with van der Waals surface area (Å²) in [5, 5.41) is 0. The maximum absolute atomic E-state index is 13.9. The monoisotopic (exact) mass is 521 g/mol. The topological polar surface area (TPSA) is 70.2 Å². The molecule has 0 saturated carbocycles. The summed E-state index contributed by atoms with van der Waals surface area (Å²) in [7, 11) is 0. The van der Waals surface area contributed by atoms with Crippen LogP contribution in [0.4, 0.5) is 4.39 Å².